The largest absolute Gasteiger partial charge is 0.493 e. The van der Waals surface area contributed by atoms with E-state index in [9.17, 15) is 4.39 Å². The Morgan fingerprint density at radius 1 is 1.18 bits per heavy atom. The van der Waals surface area contributed by atoms with Gasteiger partial charge in [-0.2, -0.15) is 4.98 Å². The molecule has 1 fully saturated rings. The van der Waals surface area contributed by atoms with Gasteiger partial charge in [0, 0.05) is 6.42 Å². The third kappa shape index (κ3) is 4.59. The summed E-state index contributed by atoms with van der Waals surface area (Å²) in [7, 11) is 0. The first-order valence-electron chi connectivity index (χ1n) is 9.67. The Hall–Kier alpha value is -2.67. The van der Waals surface area contributed by atoms with E-state index < -0.39 is 0 Å². The van der Waals surface area contributed by atoms with Gasteiger partial charge in [-0.15, -0.1) is 0 Å². The third-order valence-electron chi connectivity index (χ3n) is 4.95. The van der Waals surface area contributed by atoms with E-state index in [0.29, 0.717) is 30.5 Å². The Morgan fingerprint density at radius 3 is 2.82 bits per heavy atom. The molecule has 28 heavy (non-hydrogen) atoms. The number of rotatable bonds is 7. The van der Waals surface area contributed by atoms with Crippen LogP contribution in [-0.2, 0) is 13.0 Å². The van der Waals surface area contributed by atoms with E-state index in [0.717, 1.165) is 43.9 Å². The highest BCUT2D eigenvalue weighted by molar-refractivity contribution is 5.22. The Bertz CT molecular complexity index is 890. The molecule has 3 aromatic rings. The van der Waals surface area contributed by atoms with E-state index in [1.165, 1.54) is 12.1 Å². The standard InChI is InChI=1S/C21H24FN3O3/c1-15-5-8-18(27-15)14-25-12-3-2-4-19(25)21-23-20(24-28-21)11-13-26-17-9-6-16(22)7-10-17/h5-10,19H,2-4,11-14H2,1H3. The first-order chi connectivity index (χ1) is 13.7. The average Bonchev–Trinajstić information content (AvgIpc) is 3.33. The van der Waals surface area contributed by atoms with Crippen LogP contribution in [0.5, 0.6) is 5.75 Å². The molecule has 3 heterocycles. The smallest absolute Gasteiger partial charge is 0.244 e. The van der Waals surface area contributed by atoms with Crippen LogP contribution >= 0.6 is 0 Å². The molecule has 0 N–H and O–H groups in total. The summed E-state index contributed by atoms with van der Waals surface area (Å²) in [6.45, 7) is 4.08. The van der Waals surface area contributed by atoms with Crippen molar-refractivity contribution in [2.75, 3.05) is 13.2 Å². The number of halogens is 1. The number of furan rings is 1. The average molecular weight is 385 g/mol. The van der Waals surface area contributed by atoms with Gasteiger partial charge < -0.3 is 13.7 Å². The van der Waals surface area contributed by atoms with Gasteiger partial charge in [-0.05, 0) is 62.7 Å². The van der Waals surface area contributed by atoms with Gasteiger partial charge in [0.05, 0.1) is 19.2 Å². The fraction of sp³-hybridized carbons (Fsp3) is 0.429. The molecular formula is C21H24FN3O3. The number of hydrogen-bond acceptors (Lipinski definition) is 6. The van der Waals surface area contributed by atoms with E-state index in [1.54, 1.807) is 12.1 Å². The van der Waals surface area contributed by atoms with Crippen molar-refractivity contribution in [3.8, 4) is 5.75 Å². The lowest BCUT2D eigenvalue weighted by molar-refractivity contribution is 0.103. The molecule has 1 aliphatic heterocycles. The van der Waals surface area contributed by atoms with Crippen LogP contribution in [0.1, 0.15) is 48.5 Å². The molecule has 1 atom stereocenters. The van der Waals surface area contributed by atoms with Crippen LogP contribution in [0.3, 0.4) is 0 Å². The summed E-state index contributed by atoms with van der Waals surface area (Å²) >= 11 is 0. The predicted molar refractivity (Wildman–Crippen MR) is 100 cm³/mol. The van der Waals surface area contributed by atoms with Crippen molar-refractivity contribution in [1.82, 2.24) is 15.0 Å². The summed E-state index contributed by atoms with van der Waals surface area (Å²) < 4.78 is 29.8. The minimum Gasteiger partial charge on any atom is -0.493 e. The van der Waals surface area contributed by atoms with Crippen LogP contribution in [0.15, 0.2) is 45.3 Å². The minimum atomic E-state index is -0.281. The number of nitrogens with zero attached hydrogens (tertiary/aromatic N) is 3. The molecule has 148 valence electrons. The van der Waals surface area contributed by atoms with Crippen LogP contribution < -0.4 is 4.74 Å². The summed E-state index contributed by atoms with van der Waals surface area (Å²) in [5, 5.41) is 4.11. The minimum absolute atomic E-state index is 0.110. The van der Waals surface area contributed by atoms with Gasteiger partial charge >= 0.3 is 0 Å². The Labute approximate surface area is 163 Å². The molecule has 0 radical (unpaired) electrons. The summed E-state index contributed by atoms with van der Waals surface area (Å²) in [6, 6.07) is 10.1. The van der Waals surface area contributed by atoms with Crippen molar-refractivity contribution in [3.63, 3.8) is 0 Å². The SMILES string of the molecule is Cc1ccc(CN2CCCCC2c2nc(CCOc3ccc(F)cc3)no2)o1. The second-order valence-corrected chi connectivity index (χ2v) is 7.10. The molecule has 1 unspecified atom stereocenters. The molecule has 0 saturated carbocycles. The van der Waals surface area contributed by atoms with Crippen LogP contribution in [0.2, 0.25) is 0 Å². The normalized spacial score (nSPS) is 17.7. The molecule has 0 spiro atoms. The first kappa shape index (κ1) is 18.7. The number of aromatic nitrogens is 2. The molecule has 0 amide bonds. The lowest BCUT2D eigenvalue weighted by Crippen LogP contribution is -2.33. The Kier molecular flexibility index (Phi) is 5.71. The number of ether oxygens (including phenoxy) is 1. The van der Waals surface area contributed by atoms with E-state index in [4.69, 9.17) is 13.7 Å². The highest BCUT2D eigenvalue weighted by Crippen LogP contribution is 2.31. The molecule has 1 aliphatic rings. The molecule has 1 aromatic carbocycles. The van der Waals surface area contributed by atoms with Crippen LogP contribution in [-0.4, -0.2) is 28.2 Å². The van der Waals surface area contributed by atoms with Crippen molar-refractivity contribution < 1.29 is 18.1 Å². The lowest BCUT2D eigenvalue weighted by atomic mass is 10.0. The van der Waals surface area contributed by atoms with Crippen molar-refractivity contribution in [3.05, 3.63) is 65.5 Å². The van der Waals surface area contributed by atoms with Gasteiger partial charge in [0.2, 0.25) is 5.89 Å². The van der Waals surface area contributed by atoms with Gasteiger partial charge in [0.15, 0.2) is 5.82 Å². The molecule has 6 nitrogen and oxygen atoms in total. The maximum atomic E-state index is 12.9. The number of piperidine rings is 1. The molecule has 4 rings (SSSR count). The Balaban J connectivity index is 1.35. The van der Waals surface area contributed by atoms with Crippen molar-refractivity contribution in [2.24, 2.45) is 0 Å². The van der Waals surface area contributed by atoms with Gasteiger partial charge in [-0.3, -0.25) is 4.90 Å². The van der Waals surface area contributed by atoms with E-state index in [2.05, 4.69) is 15.0 Å². The Morgan fingerprint density at radius 2 is 2.04 bits per heavy atom. The zero-order valence-electron chi connectivity index (χ0n) is 15.9. The van der Waals surface area contributed by atoms with Gasteiger partial charge in [-0.25, -0.2) is 4.39 Å². The van der Waals surface area contributed by atoms with Crippen LogP contribution in [0.4, 0.5) is 4.39 Å². The van der Waals surface area contributed by atoms with E-state index in [1.807, 2.05) is 19.1 Å². The number of benzene rings is 1. The quantitative estimate of drug-likeness (QED) is 0.598. The first-order valence-corrected chi connectivity index (χ1v) is 9.67. The number of aryl methyl sites for hydroxylation is 1. The topological polar surface area (TPSA) is 64.5 Å². The van der Waals surface area contributed by atoms with E-state index in [-0.39, 0.29) is 11.9 Å². The van der Waals surface area contributed by atoms with Crippen molar-refractivity contribution in [1.29, 1.82) is 0 Å². The zero-order valence-corrected chi connectivity index (χ0v) is 15.9. The highest BCUT2D eigenvalue weighted by Gasteiger charge is 2.29. The fourth-order valence-electron chi connectivity index (χ4n) is 3.53. The number of likely N-dealkylation sites (tertiary alicyclic amines) is 1. The predicted octanol–water partition coefficient (Wildman–Crippen LogP) is 4.46. The summed E-state index contributed by atoms with van der Waals surface area (Å²) in [6.07, 6.45) is 3.82. The van der Waals surface area contributed by atoms with Crippen molar-refractivity contribution >= 4 is 0 Å². The van der Waals surface area contributed by atoms with Crippen LogP contribution in [0.25, 0.3) is 0 Å². The fourth-order valence-corrected chi connectivity index (χ4v) is 3.53. The molecule has 0 aliphatic carbocycles. The zero-order chi connectivity index (χ0) is 19.3. The summed E-state index contributed by atoms with van der Waals surface area (Å²) in [5.74, 6) is 3.49. The number of hydrogen-bond donors (Lipinski definition) is 0. The second kappa shape index (κ2) is 8.56. The maximum Gasteiger partial charge on any atom is 0.244 e. The van der Waals surface area contributed by atoms with Gasteiger partial charge in [0.25, 0.3) is 0 Å². The second-order valence-electron chi connectivity index (χ2n) is 7.10. The van der Waals surface area contributed by atoms with Gasteiger partial charge in [0.1, 0.15) is 23.1 Å². The summed E-state index contributed by atoms with van der Waals surface area (Å²) in [4.78, 5) is 6.93. The lowest BCUT2D eigenvalue weighted by Gasteiger charge is -2.32. The molecule has 1 saturated heterocycles. The van der Waals surface area contributed by atoms with Crippen LogP contribution in [0, 0.1) is 12.7 Å². The molecule has 0 bridgehead atoms. The highest BCUT2D eigenvalue weighted by atomic mass is 19.1. The summed E-state index contributed by atoms with van der Waals surface area (Å²) in [5.41, 5.74) is 0. The van der Waals surface area contributed by atoms with E-state index >= 15 is 0 Å². The van der Waals surface area contributed by atoms with Crippen molar-refractivity contribution in [2.45, 2.75) is 45.2 Å². The van der Waals surface area contributed by atoms with Gasteiger partial charge in [-0.1, -0.05) is 11.6 Å². The molecule has 7 heteroatoms. The third-order valence-corrected chi connectivity index (χ3v) is 4.95. The maximum absolute atomic E-state index is 12.9. The monoisotopic (exact) mass is 385 g/mol. The molecule has 2 aromatic heterocycles. The molecular weight excluding hydrogens is 361 g/mol.